The Bertz CT molecular complexity index is 970. The molecule has 3 aromatic rings. The molecule has 0 bridgehead atoms. The Morgan fingerprint density at radius 1 is 1.11 bits per heavy atom. The normalized spacial score (nSPS) is 11.4. The van der Waals surface area contributed by atoms with E-state index in [1.54, 1.807) is 30.3 Å². The number of halogens is 3. The molecule has 3 rings (SSSR count). The van der Waals surface area contributed by atoms with Crippen LogP contribution in [0.2, 0.25) is 0 Å². The molecule has 2 aromatic carbocycles. The first kappa shape index (κ1) is 18.7. The summed E-state index contributed by atoms with van der Waals surface area (Å²) in [5.74, 6) is -0.171. The number of nitrogens with one attached hydrogen (secondary N) is 2. The average Bonchev–Trinajstić information content (AvgIpc) is 2.65. The average molecular weight is 373 g/mol. The first-order valence-corrected chi connectivity index (χ1v) is 8.49. The van der Waals surface area contributed by atoms with Crippen molar-refractivity contribution in [3.8, 4) is 0 Å². The fourth-order valence-corrected chi connectivity index (χ4v) is 2.67. The van der Waals surface area contributed by atoms with Crippen LogP contribution in [0.15, 0.2) is 54.7 Å². The van der Waals surface area contributed by atoms with Gasteiger partial charge in [-0.3, -0.25) is 9.78 Å². The van der Waals surface area contributed by atoms with Crippen molar-refractivity contribution in [3.63, 3.8) is 0 Å². The van der Waals surface area contributed by atoms with E-state index in [0.29, 0.717) is 28.9 Å². The van der Waals surface area contributed by atoms with Gasteiger partial charge in [0.1, 0.15) is 0 Å². The molecule has 0 fully saturated rings. The highest BCUT2D eigenvalue weighted by Gasteiger charge is 2.30. The first-order valence-electron chi connectivity index (χ1n) is 8.49. The van der Waals surface area contributed by atoms with Gasteiger partial charge in [-0.1, -0.05) is 19.1 Å². The maximum absolute atomic E-state index is 12.9. The molecule has 0 radical (unpaired) electrons. The minimum Gasteiger partial charge on any atom is -0.355 e. The van der Waals surface area contributed by atoms with Crippen LogP contribution in [-0.4, -0.2) is 17.4 Å². The number of carbonyl (C=O) groups excluding carboxylic acids is 1. The number of aromatic nitrogens is 1. The Hall–Kier alpha value is -3.09. The molecule has 1 aromatic heterocycles. The Labute approximate surface area is 154 Å². The molecule has 0 aliphatic heterocycles. The molecule has 7 heteroatoms. The van der Waals surface area contributed by atoms with Gasteiger partial charge in [-0.15, -0.1) is 0 Å². The lowest BCUT2D eigenvalue weighted by Gasteiger charge is -2.12. The number of nitrogens with zero attached hydrogens (tertiary/aromatic N) is 1. The van der Waals surface area contributed by atoms with Crippen molar-refractivity contribution < 1.29 is 18.0 Å². The first-order chi connectivity index (χ1) is 12.9. The minimum absolute atomic E-state index is 0.171. The van der Waals surface area contributed by atoms with Crippen molar-refractivity contribution in [2.45, 2.75) is 19.5 Å². The highest BCUT2D eigenvalue weighted by molar-refractivity contribution is 5.96. The largest absolute Gasteiger partial charge is 0.416 e. The van der Waals surface area contributed by atoms with Crippen LogP contribution in [-0.2, 0) is 6.18 Å². The summed E-state index contributed by atoms with van der Waals surface area (Å²) < 4.78 is 38.7. The summed E-state index contributed by atoms with van der Waals surface area (Å²) in [7, 11) is 0. The van der Waals surface area contributed by atoms with Gasteiger partial charge in [0.2, 0.25) is 0 Å². The molecule has 0 saturated heterocycles. The quantitative estimate of drug-likeness (QED) is 0.651. The van der Waals surface area contributed by atoms with Crippen LogP contribution in [0.25, 0.3) is 10.9 Å². The third-order valence-electron chi connectivity index (χ3n) is 4.01. The molecule has 2 N–H and O–H groups in total. The molecule has 1 heterocycles. The fourth-order valence-electron chi connectivity index (χ4n) is 2.67. The molecule has 0 saturated carbocycles. The smallest absolute Gasteiger partial charge is 0.355 e. The van der Waals surface area contributed by atoms with E-state index in [4.69, 9.17) is 0 Å². The van der Waals surface area contributed by atoms with Crippen LogP contribution >= 0.6 is 0 Å². The second-order valence-corrected chi connectivity index (χ2v) is 6.05. The molecule has 0 unspecified atom stereocenters. The number of anilines is 2. The standard InChI is InChI=1S/C20H18F3N3O/c1-2-9-25-19(27)13-4-3-5-15(11-13)26-17-8-10-24-18-12-14(20(21,22)23)6-7-16(17)18/h3-8,10-12H,2,9H2,1H3,(H,24,26)(H,25,27). The molecule has 140 valence electrons. The van der Waals surface area contributed by atoms with Gasteiger partial charge in [0, 0.05) is 35.1 Å². The molecular weight excluding hydrogens is 355 g/mol. The van der Waals surface area contributed by atoms with E-state index in [1.807, 2.05) is 6.92 Å². The van der Waals surface area contributed by atoms with Gasteiger partial charge in [0.25, 0.3) is 5.91 Å². The number of hydrogen-bond acceptors (Lipinski definition) is 3. The van der Waals surface area contributed by atoms with Crippen molar-refractivity contribution in [2.24, 2.45) is 0 Å². The lowest BCUT2D eigenvalue weighted by atomic mass is 10.1. The van der Waals surface area contributed by atoms with Crippen molar-refractivity contribution in [3.05, 3.63) is 65.9 Å². The number of fused-ring (bicyclic) bond motifs is 1. The Kier molecular flexibility index (Phi) is 5.30. The van der Waals surface area contributed by atoms with Crippen LogP contribution < -0.4 is 10.6 Å². The van der Waals surface area contributed by atoms with E-state index in [1.165, 1.54) is 12.3 Å². The van der Waals surface area contributed by atoms with Crippen molar-refractivity contribution in [1.29, 1.82) is 0 Å². The van der Waals surface area contributed by atoms with Gasteiger partial charge in [0.05, 0.1) is 11.1 Å². The van der Waals surface area contributed by atoms with Gasteiger partial charge in [-0.25, -0.2) is 0 Å². The second-order valence-electron chi connectivity index (χ2n) is 6.05. The predicted octanol–water partition coefficient (Wildman–Crippen LogP) is 5.14. The molecule has 1 amide bonds. The maximum atomic E-state index is 12.9. The monoisotopic (exact) mass is 373 g/mol. The number of pyridine rings is 1. The lowest BCUT2D eigenvalue weighted by Crippen LogP contribution is -2.23. The Morgan fingerprint density at radius 2 is 1.93 bits per heavy atom. The molecule has 0 aliphatic carbocycles. The highest BCUT2D eigenvalue weighted by atomic mass is 19.4. The zero-order valence-electron chi connectivity index (χ0n) is 14.6. The summed E-state index contributed by atoms with van der Waals surface area (Å²) in [6.07, 6.45) is -2.13. The maximum Gasteiger partial charge on any atom is 0.416 e. The second kappa shape index (κ2) is 7.65. The lowest BCUT2D eigenvalue weighted by molar-refractivity contribution is -0.137. The SMILES string of the molecule is CCCNC(=O)c1cccc(Nc2ccnc3cc(C(F)(F)F)ccc23)c1. The summed E-state index contributed by atoms with van der Waals surface area (Å²) in [5.41, 5.74) is 1.28. The van der Waals surface area contributed by atoms with Crippen LogP contribution in [0, 0.1) is 0 Å². The van der Waals surface area contributed by atoms with Crippen molar-refractivity contribution in [1.82, 2.24) is 10.3 Å². The summed E-state index contributed by atoms with van der Waals surface area (Å²) in [4.78, 5) is 16.1. The van der Waals surface area contributed by atoms with Crippen LogP contribution in [0.5, 0.6) is 0 Å². The van der Waals surface area contributed by atoms with Gasteiger partial charge >= 0.3 is 6.18 Å². The third-order valence-corrected chi connectivity index (χ3v) is 4.01. The molecule has 0 spiro atoms. The van der Waals surface area contributed by atoms with Crippen LogP contribution in [0.4, 0.5) is 24.5 Å². The molecule has 4 nitrogen and oxygen atoms in total. The summed E-state index contributed by atoms with van der Waals surface area (Å²) in [6, 6.07) is 12.1. The van der Waals surface area contributed by atoms with Crippen LogP contribution in [0.1, 0.15) is 29.3 Å². The highest BCUT2D eigenvalue weighted by Crippen LogP contribution is 2.33. The van der Waals surface area contributed by atoms with E-state index >= 15 is 0 Å². The van der Waals surface area contributed by atoms with E-state index in [-0.39, 0.29) is 11.4 Å². The van der Waals surface area contributed by atoms with Gasteiger partial charge in [-0.2, -0.15) is 13.2 Å². The fraction of sp³-hybridized carbons (Fsp3) is 0.200. The van der Waals surface area contributed by atoms with Crippen LogP contribution in [0.3, 0.4) is 0 Å². The summed E-state index contributed by atoms with van der Waals surface area (Å²) in [5, 5.41) is 6.52. The minimum atomic E-state index is -4.42. The Balaban J connectivity index is 1.90. The predicted molar refractivity (Wildman–Crippen MR) is 99.1 cm³/mol. The number of amides is 1. The van der Waals surface area contributed by atoms with Crippen molar-refractivity contribution >= 4 is 28.2 Å². The van der Waals surface area contributed by atoms with Gasteiger partial charge in [0.15, 0.2) is 0 Å². The number of rotatable bonds is 5. The number of benzene rings is 2. The zero-order chi connectivity index (χ0) is 19.4. The molecular formula is C20H18F3N3O. The van der Waals surface area contributed by atoms with Gasteiger partial charge in [-0.05, 0) is 42.8 Å². The summed E-state index contributed by atoms with van der Waals surface area (Å²) >= 11 is 0. The van der Waals surface area contributed by atoms with E-state index in [2.05, 4.69) is 15.6 Å². The van der Waals surface area contributed by atoms with E-state index in [9.17, 15) is 18.0 Å². The van der Waals surface area contributed by atoms with E-state index in [0.717, 1.165) is 18.6 Å². The zero-order valence-corrected chi connectivity index (χ0v) is 14.6. The number of carbonyl (C=O) groups is 1. The molecule has 0 atom stereocenters. The third kappa shape index (κ3) is 4.36. The number of alkyl halides is 3. The Morgan fingerprint density at radius 3 is 2.67 bits per heavy atom. The topological polar surface area (TPSA) is 54.0 Å². The molecule has 0 aliphatic rings. The summed E-state index contributed by atoms with van der Waals surface area (Å²) in [6.45, 7) is 2.56. The molecule has 27 heavy (non-hydrogen) atoms. The van der Waals surface area contributed by atoms with Crippen molar-refractivity contribution in [2.75, 3.05) is 11.9 Å². The number of hydrogen-bond donors (Lipinski definition) is 2. The van der Waals surface area contributed by atoms with E-state index < -0.39 is 11.7 Å². The van der Waals surface area contributed by atoms with Gasteiger partial charge < -0.3 is 10.6 Å².